The van der Waals surface area contributed by atoms with Gasteiger partial charge in [0.25, 0.3) is 0 Å². The molecule has 0 N–H and O–H groups in total. The first-order chi connectivity index (χ1) is 7.56. The highest BCUT2D eigenvalue weighted by molar-refractivity contribution is 8.93. The Labute approximate surface area is 121 Å². The van der Waals surface area contributed by atoms with Crippen molar-refractivity contribution in [2.75, 3.05) is 0 Å². The van der Waals surface area contributed by atoms with E-state index < -0.39 is 20.4 Å². The monoisotopic (exact) mass is 306 g/mol. The van der Waals surface area contributed by atoms with Gasteiger partial charge in [-0.15, -0.1) is 25.6 Å². The summed E-state index contributed by atoms with van der Waals surface area (Å²) < 4.78 is 3.22. The molecule has 4 nitrogen and oxygen atoms in total. The number of benzene rings is 1. The van der Waals surface area contributed by atoms with Crippen LogP contribution in [0.2, 0.25) is 3.54 Å². The van der Waals surface area contributed by atoms with E-state index in [0.717, 1.165) is 9.64 Å². The molecule has 0 fully saturated rings. The van der Waals surface area contributed by atoms with Crippen LogP contribution in [0.25, 0.3) is 5.69 Å². The van der Waals surface area contributed by atoms with E-state index in [2.05, 4.69) is 36.3 Å². The molecule has 0 spiro atoms. The van der Waals surface area contributed by atoms with Gasteiger partial charge in [0.2, 0.25) is 0 Å². The molecule has 0 amide bonds. The van der Waals surface area contributed by atoms with Crippen LogP contribution < -0.4 is 3.95 Å². The number of halogens is 1. The molecule has 0 saturated heterocycles. The summed E-state index contributed by atoms with van der Waals surface area (Å²) in [7, 11) is 0. The van der Waals surface area contributed by atoms with Crippen LogP contribution in [0.4, 0.5) is 0 Å². The minimum atomic E-state index is -0.477. The van der Waals surface area contributed by atoms with Crippen molar-refractivity contribution in [3.8, 4) is 5.69 Å². The van der Waals surface area contributed by atoms with Crippen LogP contribution in [0.3, 0.4) is 0 Å². The molecule has 1 aromatic heterocycles. The van der Waals surface area contributed by atoms with Crippen molar-refractivity contribution in [2.45, 2.75) is 24.3 Å². The highest BCUT2D eigenvalue weighted by Gasteiger charge is 2.22. The molecule has 0 unspecified atom stereocenters. The van der Waals surface area contributed by atoms with Gasteiger partial charge in [-0.05, 0) is 22.6 Å². The van der Waals surface area contributed by atoms with Gasteiger partial charge in [0.05, 0.1) is 5.69 Å². The minimum Gasteiger partial charge on any atom is -0.229 e. The minimum absolute atomic E-state index is 0. The molecule has 0 aliphatic rings. The maximum absolute atomic E-state index is 4.14. The predicted octanol–water partition coefficient (Wildman–Crippen LogP) is 1.79. The first kappa shape index (κ1) is 14.6. The fourth-order valence-corrected chi connectivity index (χ4v) is 3.04. The van der Waals surface area contributed by atoms with Gasteiger partial charge in [-0.25, -0.2) is 4.68 Å². The Bertz CT molecular complexity index is 464. The third-order valence-corrected chi connectivity index (χ3v) is 4.04. The summed E-state index contributed by atoms with van der Waals surface area (Å²) >= 11 is -0.477. The standard InChI is InChI=1S/C7H5N4.C4H9.BrH.Mg/c1-2-4-7(5-3-1)11-6-8-9-10-11;1-4(2)3;;/h1-5H;1-3H3;1H;. The average Bonchev–Trinajstić information content (AvgIpc) is 2.64. The maximum Gasteiger partial charge on any atom is 0.480 e. The summed E-state index contributed by atoms with van der Waals surface area (Å²) in [5.41, 5.74) is 1.04. The molecule has 1 aromatic carbocycles. The Hall–Kier alpha value is -0.464. The van der Waals surface area contributed by atoms with Crippen LogP contribution in [-0.2, 0) is 0 Å². The molecule has 88 valence electrons. The van der Waals surface area contributed by atoms with E-state index >= 15 is 0 Å². The molecule has 0 aliphatic heterocycles. The number of nitrogens with zero attached hydrogens (tertiary/aromatic N) is 4. The largest absolute Gasteiger partial charge is 0.480 e. The van der Waals surface area contributed by atoms with E-state index in [9.17, 15) is 0 Å². The molecule has 0 bridgehead atoms. The summed E-state index contributed by atoms with van der Waals surface area (Å²) in [6, 6.07) is 10.0. The van der Waals surface area contributed by atoms with Gasteiger partial charge < -0.3 is 0 Å². The molecule has 0 saturated carbocycles. The lowest BCUT2D eigenvalue weighted by Gasteiger charge is -2.15. The number of rotatable bonds is 2. The number of hydrogen-bond acceptors (Lipinski definition) is 3. The van der Waals surface area contributed by atoms with E-state index in [1.165, 1.54) is 0 Å². The quantitative estimate of drug-likeness (QED) is 0.795. The van der Waals surface area contributed by atoms with Gasteiger partial charge in [0.1, 0.15) is 0 Å². The van der Waals surface area contributed by atoms with E-state index in [-0.39, 0.29) is 17.0 Å². The third-order valence-electron chi connectivity index (χ3n) is 2.22. The molecule has 2 rings (SSSR count). The number of para-hydroxylation sites is 1. The Morgan fingerprint density at radius 3 is 2.35 bits per heavy atom. The van der Waals surface area contributed by atoms with Crippen molar-refractivity contribution in [1.82, 2.24) is 20.2 Å². The zero-order valence-corrected chi connectivity index (χ0v) is 13.4. The number of aromatic nitrogens is 4. The van der Waals surface area contributed by atoms with E-state index in [0.29, 0.717) is 3.54 Å². The molecule has 17 heavy (non-hydrogen) atoms. The third kappa shape index (κ3) is 4.04. The predicted molar refractivity (Wildman–Crippen MR) is 74.6 cm³/mol. The van der Waals surface area contributed by atoms with Gasteiger partial charge >= 0.3 is 20.4 Å². The van der Waals surface area contributed by atoms with Crippen LogP contribution in [-0.4, -0.2) is 40.6 Å². The van der Waals surface area contributed by atoms with Crippen molar-refractivity contribution in [3.05, 3.63) is 30.3 Å². The smallest absolute Gasteiger partial charge is 0.229 e. The van der Waals surface area contributed by atoms with Crippen LogP contribution in [0, 0.1) is 0 Å². The second-order valence-electron chi connectivity index (χ2n) is 5.08. The lowest BCUT2D eigenvalue weighted by molar-refractivity contribution is 0.753. The summed E-state index contributed by atoms with van der Waals surface area (Å²) in [6.45, 7) is 6.72. The first-order valence-electron chi connectivity index (χ1n) is 5.39. The molecule has 0 radical (unpaired) electrons. The summed E-state index contributed by atoms with van der Waals surface area (Å²) in [6.07, 6.45) is 0. The molecule has 0 aliphatic carbocycles. The zero-order valence-electron chi connectivity index (χ0n) is 10.3. The number of tetrazole rings is 1. The van der Waals surface area contributed by atoms with Gasteiger partial charge in [0.15, 0.2) is 0 Å². The van der Waals surface area contributed by atoms with Crippen LogP contribution in [0.1, 0.15) is 20.8 Å². The van der Waals surface area contributed by atoms with Gasteiger partial charge in [-0.1, -0.05) is 39.0 Å². The highest BCUT2D eigenvalue weighted by Crippen LogP contribution is 2.19. The van der Waals surface area contributed by atoms with Gasteiger partial charge in [0, 0.05) is 3.95 Å². The second-order valence-corrected chi connectivity index (χ2v) is 8.19. The highest BCUT2D eigenvalue weighted by atomic mass is 79.9. The Morgan fingerprint density at radius 1 is 1.12 bits per heavy atom. The topological polar surface area (TPSA) is 43.6 Å². The molecule has 2 aromatic rings. The lowest BCUT2D eigenvalue weighted by atomic mass is 10.2. The maximum atomic E-state index is 4.14. The van der Waals surface area contributed by atoms with Gasteiger partial charge in [-0.2, -0.15) is 0 Å². The summed E-state index contributed by atoms with van der Waals surface area (Å²) in [5.74, 6) is 0. The summed E-state index contributed by atoms with van der Waals surface area (Å²) in [5, 5.41) is 12.0. The van der Waals surface area contributed by atoms with Crippen molar-refractivity contribution < 1.29 is 0 Å². The van der Waals surface area contributed by atoms with E-state index in [4.69, 9.17) is 0 Å². The average molecular weight is 307 g/mol. The Morgan fingerprint density at radius 2 is 1.76 bits per heavy atom. The first-order valence-corrected chi connectivity index (χ1v) is 6.80. The van der Waals surface area contributed by atoms with Crippen LogP contribution in [0.5, 0.6) is 0 Å². The van der Waals surface area contributed by atoms with Crippen molar-refractivity contribution in [2.24, 2.45) is 0 Å². The van der Waals surface area contributed by atoms with Gasteiger partial charge in [-0.3, -0.25) is 0 Å². The fourth-order valence-electron chi connectivity index (χ4n) is 1.56. The fraction of sp³-hybridized carbons (Fsp3) is 0.364. The molecule has 1 heterocycles. The zero-order chi connectivity index (χ0) is 11.6. The SMILES string of the molecule is Br.C[C](C)(C)[Mg][c]1nnnn1-c1ccccc1. The van der Waals surface area contributed by atoms with Crippen molar-refractivity contribution in [1.29, 1.82) is 0 Å². The van der Waals surface area contributed by atoms with E-state index in [1.54, 1.807) is 0 Å². The van der Waals surface area contributed by atoms with Crippen molar-refractivity contribution >= 4 is 41.3 Å². The Balaban J connectivity index is 0.00000144. The van der Waals surface area contributed by atoms with E-state index in [1.807, 2.05) is 35.0 Å². The van der Waals surface area contributed by atoms with Crippen LogP contribution in [0.15, 0.2) is 30.3 Å². The number of hydrogen-bond donors (Lipinski definition) is 0. The molecule has 6 heteroatoms. The Kier molecular flexibility index (Phi) is 5.09. The summed E-state index contributed by atoms with van der Waals surface area (Å²) in [4.78, 5) is 0. The lowest BCUT2D eigenvalue weighted by Crippen LogP contribution is -2.32. The molecular weight excluding hydrogens is 292 g/mol. The van der Waals surface area contributed by atoms with Crippen molar-refractivity contribution in [3.63, 3.8) is 0 Å². The molecular formula is C11H15BrMgN4. The second kappa shape index (κ2) is 5.93. The molecule has 0 atom stereocenters. The normalized spacial score (nSPS) is 10.5. The van der Waals surface area contributed by atoms with Crippen LogP contribution >= 0.6 is 17.0 Å².